The van der Waals surface area contributed by atoms with Crippen molar-refractivity contribution >= 4 is 0 Å². The van der Waals surface area contributed by atoms with Crippen LogP contribution in [0.1, 0.15) is 31.7 Å². The second-order valence-corrected chi connectivity index (χ2v) is 5.55. The average Bonchev–Trinajstić information content (AvgIpc) is 2.48. The van der Waals surface area contributed by atoms with E-state index in [2.05, 4.69) is 17.1 Å². The molecule has 1 aromatic rings. The van der Waals surface area contributed by atoms with Gasteiger partial charge in [-0.15, -0.1) is 0 Å². The average molecular weight is 280 g/mol. The molecule has 4 heteroatoms. The molecule has 2 rings (SSSR count). The van der Waals surface area contributed by atoms with E-state index in [9.17, 15) is 4.39 Å². The van der Waals surface area contributed by atoms with Gasteiger partial charge in [-0.3, -0.25) is 4.90 Å². The van der Waals surface area contributed by atoms with Crippen LogP contribution in [-0.4, -0.2) is 37.7 Å². The summed E-state index contributed by atoms with van der Waals surface area (Å²) in [4.78, 5) is 2.53. The Labute approximate surface area is 121 Å². The topological polar surface area (TPSA) is 24.5 Å². The van der Waals surface area contributed by atoms with Crippen LogP contribution < -0.4 is 10.1 Å². The van der Waals surface area contributed by atoms with Crippen molar-refractivity contribution in [1.82, 2.24) is 10.2 Å². The summed E-state index contributed by atoms with van der Waals surface area (Å²) in [6.45, 7) is 6.31. The van der Waals surface area contributed by atoms with Gasteiger partial charge in [0, 0.05) is 19.1 Å². The maximum absolute atomic E-state index is 13.6. The first-order valence-electron chi connectivity index (χ1n) is 7.48. The Morgan fingerprint density at radius 1 is 1.30 bits per heavy atom. The second kappa shape index (κ2) is 7.60. The number of hydrogen-bond acceptors (Lipinski definition) is 3. The zero-order valence-electron chi connectivity index (χ0n) is 12.5. The molecule has 1 saturated heterocycles. The fraction of sp³-hybridized carbons (Fsp3) is 0.625. The highest BCUT2D eigenvalue weighted by Crippen LogP contribution is 2.17. The Kier molecular flexibility index (Phi) is 5.80. The largest absolute Gasteiger partial charge is 0.494 e. The molecule has 0 bridgehead atoms. The molecular formula is C16H25FN2O. The van der Waals surface area contributed by atoms with Gasteiger partial charge in [-0.2, -0.15) is 0 Å². The molecule has 1 aliphatic rings. The second-order valence-electron chi connectivity index (χ2n) is 5.55. The monoisotopic (exact) mass is 280 g/mol. The summed E-state index contributed by atoms with van der Waals surface area (Å²) in [6, 6.07) is 5.66. The molecule has 1 atom stereocenters. The number of likely N-dealkylation sites (tertiary alicyclic amines) is 1. The van der Waals surface area contributed by atoms with Crippen molar-refractivity contribution in [3.05, 3.63) is 29.6 Å². The lowest BCUT2D eigenvalue weighted by atomic mass is 10.1. The number of nitrogens with zero attached hydrogens (tertiary/aromatic N) is 1. The van der Waals surface area contributed by atoms with Gasteiger partial charge in [0.15, 0.2) is 11.6 Å². The van der Waals surface area contributed by atoms with Crippen LogP contribution in [0.4, 0.5) is 4.39 Å². The predicted octanol–water partition coefficient (Wildman–Crippen LogP) is 2.80. The highest BCUT2D eigenvalue weighted by Gasteiger charge is 2.15. The van der Waals surface area contributed by atoms with E-state index in [0.717, 1.165) is 12.1 Å². The summed E-state index contributed by atoms with van der Waals surface area (Å²) in [5.41, 5.74) is 0.953. The minimum atomic E-state index is -0.295. The number of nitrogens with one attached hydrogen (secondary N) is 1. The maximum atomic E-state index is 13.6. The molecule has 0 aliphatic carbocycles. The Bertz CT molecular complexity index is 419. The van der Waals surface area contributed by atoms with Crippen LogP contribution in [0.2, 0.25) is 0 Å². The molecule has 1 N–H and O–H groups in total. The summed E-state index contributed by atoms with van der Waals surface area (Å²) in [5, 5.41) is 3.41. The highest BCUT2D eigenvalue weighted by atomic mass is 19.1. The van der Waals surface area contributed by atoms with Crippen molar-refractivity contribution in [3.63, 3.8) is 0 Å². The molecule has 20 heavy (non-hydrogen) atoms. The van der Waals surface area contributed by atoms with E-state index < -0.39 is 0 Å². The SMILES string of the molecule is COc1ccc(CNCC(C)N2CCCCC2)cc1F. The highest BCUT2D eigenvalue weighted by molar-refractivity contribution is 5.29. The third kappa shape index (κ3) is 4.18. The molecule has 0 saturated carbocycles. The van der Waals surface area contributed by atoms with Gasteiger partial charge in [-0.05, 0) is 50.6 Å². The molecule has 112 valence electrons. The van der Waals surface area contributed by atoms with Gasteiger partial charge in [0.2, 0.25) is 0 Å². The van der Waals surface area contributed by atoms with Crippen LogP contribution >= 0.6 is 0 Å². The number of methoxy groups -OCH3 is 1. The first-order valence-corrected chi connectivity index (χ1v) is 7.48. The molecule has 0 spiro atoms. The van der Waals surface area contributed by atoms with Gasteiger partial charge in [-0.1, -0.05) is 12.5 Å². The lowest BCUT2D eigenvalue weighted by Crippen LogP contribution is -2.42. The van der Waals surface area contributed by atoms with Crippen molar-refractivity contribution in [1.29, 1.82) is 0 Å². The molecule has 1 aromatic carbocycles. The van der Waals surface area contributed by atoms with Gasteiger partial charge >= 0.3 is 0 Å². The summed E-state index contributed by atoms with van der Waals surface area (Å²) < 4.78 is 18.5. The number of benzene rings is 1. The zero-order chi connectivity index (χ0) is 14.4. The number of ether oxygens (including phenoxy) is 1. The number of rotatable bonds is 6. The minimum Gasteiger partial charge on any atom is -0.494 e. The van der Waals surface area contributed by atoms with Crippen molar-refractivity contribution in [2.45, 2.75) is 38.8 Å². The van der Waals surface area contributed by atoms with Crippen molar-refractivity contribution in [2.75, 3.05) is 26.7 Å². The molecule has 1 fully saturated rings. The van der Waals surface area contributed by atoms with Crippen LogP contribution in [0.15, 0.2) is 18.2 Å². The Morgan fingerprint density at radius 2 is 2.05 bits per heavy atom. The Balaban J connectivity index is 1.76. The number of halogens is 1. The third-order valence-electron chi connectivity index (χ3n) is 4.00. The van der Waals surface area contributed by atoms with Crippen LogP contribution in [0.25, 0.3) is 0 Å². The van der Waals surface area contributed by atoms with Gasteiger partial charge in [0.1, 0.15) is 0 Å². The Hall–Kier alpha value is -1.13. The fourth-order valence-electron chi connectivity index (χ4n) is 2.73. The lowest BCUT2D eigenvalue weighted by molar-refractivity contribution is 0.170. The van der Waals surface area contributed by atoms with Gasteiger partial charge in [0.25, 0.3) is 0 Å². The standard InChI is InChI=1S/C16H25FN2O/c1-13(19-8-4-3-5-9-19)11-18-12-14-6-7-16(20-2)15(17)10-14/h6-7,10,13,18H,3-5,8-9,11-12H2,1-2H3. The lowest BCUT2D eigenvalue weighted by Gasteiger charge is -2.32. The molecule has 1 heterocycles. The van der Waals surface area contributed by atoms with E-state index >= 15 is 0 Å². The summed E-state index contributed by atoms with van der Waals surface area (Å²) in [6.07, 6.45) is 3.99. The van der Waals surface area contributed by atoms with Gasteiger partial charge in [-0.25, -0.2) is 4.39 Å². The van der Waals surface area contributed by atoms with Gasteiger partial charge < -0.3 is 10.1 Å². The number of piperidine rings is 1. The molecule has 0 radical (unpaired) electrons. The van der Waals surface area contributed by atoms with E-state index in [4.69, 9.17) is 4.74 Å². The predicted molar refractivity (Wildman–Crippen MR) is 79.5 cm³/mol. The van der Waals surface area contributed by atoms with E-state index in [-0.39, 0.29) is 5.82 Å². The first kappa shape index (κ1) is 15.3. The van der Waals surface area contributed by atoms with Crippen LogP contribution in [0, 0.1) is 5.82 Å². The van der Waals surface area contributed by atoms with Gasteiger partial charge in [0.05, 0.1) is 7.11 Å². The molecule has 3 nitrogen and oxygen atoms in total. The van der Waals surface area contributed by atoms with Crippen LogP contribution in [-0.2, 0) is 6.54 Å². The molecule has 0 aromatic heterocycles. The quantitative estimate of drug-likeness (QED) is 0.867. The number of hydrogen-bond donors (Lipinski definition) is 1. The maximum Gasteiger partial charge on any atom is 0.165 e. The summed E-state index contributed by atoms with van der Waals surface area (Å²) in [5.74, 6) is 0.00585. The molecular weight excluding hydrogens is 255 g/mol. The smallest absolute Gasteiger partial charge is 0.165 e. The summed E-state index contributed by atoms with van der Waals surface area (Å²) in [7, 11) is 1.48. The van der Waals surface area contributed by atoms with E-state index in [1.54, 1.807) is 6.07 Å². The van der Waals surface area contributed by atoms with E-state index in [1.807, 2.05) is 6.07 Å². The Morgan fingerprint density at radius 3 is 2.70 bits per heavy atom. The zero-order valence-corrected chi connectivity index (χ0v) is 12.5. The van der Waals surface area contributed by atoms with Crippen molar-refractivity contribution < 1.29 is 9.13 Å². The van der Waals surface area contributed by atoms with E-state index in [1.165, 1.54) is 45.5 Å². The van der Waals surface area contributed by atoms with E-state index in [0.29, 0.717) is 18.3 Å². The van der Waals surface area contributed by atoms with Crippen molar-refractivity contribution in [3.8, 4) is 5.75 Å². The molecule has 1 aliphatic heterocycles. The first-order chi connectivity index (χ1) is 9.70. The summed E-state index contributed by atoms with van der Waals surface area (Å²) >= 11 is 0. The minimum absolute atomic E-state index is 0.295. The van der Waals surface area contributed by atoms with Crippen LogP contribution in [0.3, 0.4) is 0 Å². The molecule has 1 unspecified atom stereocenters. The third-order valence-corrected chi connectivity index (χ3v) is 4.00. The van der Waals surface area contributed by atoms with Crippen LogP contribution in [0.5, 0.6) is 5.75 Å². The van der Waals surface area contributed by atoms with Crippen molar-refractivity contribution in [2.24, 2.45) is 0 Å². The fourth-order valence-corrected chi connectivity index (χ4v) is 2.73. The molecule has 0 amide bonds. The normalized spacial score (nSPS) is 17.9.